The summed E-state index contributed by atoms with van der Waals surface area (Å²) in [6.07, 6.45) is -0.0390. The number of aryl methyl sites for hydroxylation is 1. The molecule has 1 amide bonds. The average Bonchev–Trinajstić information content (AvgIpc) is 2.78. The molecule has 0 aromatic heterocycles. The van der Waals surface area contributed by atoms with Crippen LogP contribution in [0.1, 0.15) is 29.5 Å². The number of Topliss-reactive ketones (excluding diaryl/α,β-unsaturated/α-hetero) is 2. The van der Waals surface area contributed by atoms with Gasteiger partial charge in [0, 0.05) is 22.9 Å². The van der Waals surface area contributed by atoms with Gasteiger partial charge in [-0.3, -0.25) is 14.4 Å². The van der Waals surface area contributed by atoms with Crippen LogP contribution in [0, 0.1) is 18.8 Å². The molecule has 1 saturated carbocycles. The Balaban J connectivity index is 1.71. The summed E-state index contributed by atoms with van der Waals surface area (Å²) in [4.78, 5) is 37.7. The maximum atomic E-state index is 13.5. The molecule has 1 fully saturated rings. The van der Waals surface area contributed by atoms with Crippen LogP contribution in [0.15, 0.2) is 47.2 Å². The van der Waals surface area contributed by atoms with Crippen molar-refractivity contribution in [2.24, 2.45) is 17.6 Å². The van der Waals surface area contributed by atoms with Crippen LogP contribution in [0.2, 0.25) is 5.02 Å². The zero-order valence-electron chi connectivity index (χ0n) is 18.6. The summed E-state index contributed by atoms with van der Waals surface area (Å²) in [6, 6.07) is 8.57. The summed E-state index contributed by atoms with van der Waals surface area (Å²) < 4.78 is 0. The van der Waals surface area contributed by atoms with Gasteiger partial charge in [0.1, 0.15) is 22.8 Å². The molecule has 3 aliphatic rings. The van der Waals surface area contributed by atoms with E-state index in [-0.39, 0.29) is 36.1 Å². The van der Waals surface area contributed by atoms with Gasteiger partial charge < -0.3 is 26.2 Å². The van der Waals surface area contributed by atoms with Crippen molar-refractivity contribution in [1.29, 1.82) is 0 Å². The van der Waals surface area contributed by atoms with E-state index < -0.39 is 52.0 Å². The Morgan fingerprint density at radius 3 is 2.49 bits per heavy atom. The average molecular weight is 496 g/mol. The van der Waals surface area contributed by atoms with Crippen molar-refractivity contribution in [3.63, 3.8) is 0 Å². The van der Waals surface area contributed by atoms with Crippen molar-refractivity contribution in [3.05, 3.63) is 69.0 Å². The number of phenols is 1. The molecule has 2 aromatic rings. The lowest BCUT2D eigenvalue weighted by Gasteiger charge is -2.46. The minimum absolute atomic E-state index is 0.0576. The lowest BCUT2D eigenvalue weighted by Crippen LogP contribution is -2.58. The molecule has 0 aliphatic heterocycles. The molecular weight excluding hydrogens is 474 g/mol. The quantitative estimate of drug-likeness (QED) is 0.400. The summed E-state index contributed by atoms with van der Waals surface area (Å²) in [5.41, 5.74) is 4.70. The smallest absolute Gasteiger partial charge is 0.255 e. The van der Waals surface area contributed by atoms with Crippen molar-refractivity contribution in [3.8, 4) is 16.9 Å². The zero-order chi connectivity index (χ0) is 25.4. The predicted molar refractivity (Wildman–Crippen MR) is 127 cm³/mol. The van der Waals surface area contributed by atoms with E-state index in [0.717, 1.165) is 16.7 Å². The first-order valence-electron chi connectivity index (χ1n) is 11.1. The molecule has 5 rings (SSSR count). The van der Waals surface area contributed by atoms with Crippen LogP contribution < -0.4 is 5.73 Å². The number of primary amides is 1. The summed E-state index contributed by atoms with van der Waals surface area (Å²) >= 11 is 6.17. The molecule has 3 atom stereocenters. The van der Waals surface area contributed by atoms with Gasteiger partial charge in [-0.05, 0) is 66.1 Å². The maximum absolute atomic E-state index is 13.5. The van der Waals surface area contributed by atoms with Crippen LogP contribution >= 0.6 is 11.6 Å². The lowest BCUT2D eigenvalue weighted by atomic mass is 9.59. The highest BCUT2D eigenvalue weighted by Crippen LogP contribution is 2.53. The second-order valence-electron chi connectivity index (χ2n) is 9.36. The topological polar surface area (TPSA) is 158 Å². The number of aliphatic hydroxyl groups excluding tert-OH is 2. The highest BCUT2D eigenvalue weighted by atomic mass is 35.5. The van der Waals surface area contributed by atoms with Crippen LogP contribution in [0.5, 0.6) is 5.75 Å². The van der Waals surface area contributed by atoms with Gasteiger partial charge >= 0.3 is 0 Å². The number of ketones is 2. The number of nitrogens with two attached hydrogens (primary N) is 1. The highest BCUT2D eigenvalue weighted by molar-refractivity contribution is 6.31. The third kappa shape index (κ3) is 3.13. The molecule has 180 valence electrons. The summed E-state index contributed by atoms with van der Waals surface area (Å²) in [5, 5.41) is 44.3. The summed E-state index contributed by atoms with van der Waals surface area (Å²) in [5.74, 6) is -6.47. The molecular formula is C26H22ClNO7. The van der Waals surface area contributed by atoms with Crippen molar-refractivity contribution in [2.75, 3.05) is 0 Å². The number of amides is 1. The number of phenolic OH excluding ortho intramolecular Hbond substituents is 1. The third-order valence-corrected chi connectivity index (χ3v) is 7.84. The van der Waals surface area contributed by atoms with E-state index in [0.29, 0.717) is 10.6 Å². The Labute approximate surface area is 205 Å². The molecule has 0 heterocycles. The fraction of sp³-hybridized carbons (Fsp3) is 0.269. The summed E-state index contributed by atoms with van der Waals surface area (Å²) in [6.45, 7) is 1.86. The Morgan fingerprint density at radius 1 is 1.11 bits per heavy atom. The van der Waals surface area contributed by atoms with E-state index in [9.17, 15) is 34.8 Å². The Hall–Kier alpha value is -3.62. The van der Waals surface area contributed by atoms with Gasteiger partial charge in [0.25, 0.3) is 5.91 Å². The first-order valence-corrected chi connectivity index (χ1v) is 11.4. The molecule has 0 bridgehead atoms. The largest absolute Gasteiger partial charge is 0.508 e. The molecule has 0 unspecified atom stereocenters. The van der Waals surface area contributed by atoms with Crippen molar-refractivity contribution >= 4 is 34.8 Å². The third-order valence-electron chi connectivity index (χ3n) is 7.42. The number of halogens is 1. The number of rotatable bonds is 2. The van der Waals surface area contributed by atoms with Gasteiger partial charge in [-0.25, -0.2) is 0 Å². The van der Waals surface area contributed by atoms with E-state index in [2.05, 4.69) is 0 Å². The van der Waals surface area contributed by atoms with Crippen LogP contribution in [0.3, 0.4) is 0 Å². The minimum atomic E-state index is -2.57. The zero-order valence-corrected chi connectivity index (χ0v) is 19.4. The molecule has 0 radical (unpaired) electrons. The molecule has 0 saturated heterocycles. The first kappa shape index (κ1) is 23.1. The molecule has 3 aliphatic carbocycles. The Bertz CT molecular complexity index is 1420. The molecule has 8 nitrogen and oxygen atoms in total. The van der Waals surface area contributed by atoms with Crippen LogP contribution in [-0.2, 0) is 20.8 Å². The molecule has 2 aromatic carbocycles. The van der Waals surface area contributed by atoms with Gasteiger partial charge in [0.15, 0.2) is 11.4 Å². The number of aromatic hydroxyl groups is 1. The van der Waals surface area contributed by atoms with Gasteiger partial charge in [-0.2, -0.15) is 0 Å². The van der Waals surface area contributed by atoms with Crippen LogP contribution in [0.4, 0.5) is 0 Å². The molecule has 0 spiro atoms. The summed E-state index contributed by atoms with van der Waals surface area (Å²) in [7, 11) is 0. The SMILES string of the molecule is Cc1cc(-c2ccc(O)c3c2C[C@H]2C[C@H]4CC(=O)C(C(N)=O)=C(O)[C@@]4(O)C(=O)C2=C3O)ccc1Cl. The molecule has 35 heavy (non-hydrogen) atoms. The monoisotopic (exact) mass is 495 g/mol. The van der Waals surface area contributed by atoms with Crippen LogP contribution in [0.25, 0.3) is 16.9 Å². The Kier molecular flexibility index (Phi) is 5.09. The highest BCUT2D eigenvalue weighted by Gasteiger charge is 2.60. The minimum Gasteiger partial charge on any atom is -0.508 e. The number of carbonyl (C=O) groups excluding carboxylic acids is 3. The first-order chi connectivity index (χ1) is 16.5. The van der Waals surface area contributed by atoms with E-state index in [1.165, 1.54) is 6.07 Å². The van der Waals surface area contributed by atoms with E-state index >= 15 is 0 Å². The Morgan fingerprint density at radius 2 is 1.83 bits per heavy atom. The number of fused-ring (bicyclic) bond motifs is 3. The number of hydrogen-bond donors (Lipinski definition) is 5. The predicted octanol–water partition coefficient (Wildman–Crippen LogP) is 3.05. The van der Waals surface area contributed by atoms with Gasteiger partial charge in [-0.15, -0.1) is 0 Å². The second kappa shape index (κ2) is 7.69. The van der Waals surface area contributed by atoms with Crippen molar-refractivity contribution in [2.45, 2.75) is 31.8 Å². The second-order valence-corrected chi connectivity index (χ2v) is 9.76. The van der Waals surface area contributed by atoms with Gasteiger partial charge in [0.05, 0.1) is 5.56 Å². The van der Waals surface area contributed by atoms with Gasteiger partial charge in [-0.1, -0.05) is 23.7 Å². The van der Waals surface area contributed by atoms with E-state index in [1.807, 2.05) is 19.1 Å². The van der Waals surface area contributed by atoms with E-state index in [4.69, 9.17) is 17.3 Å². The number of aliphatic hydroxyl groups is 3. The molecule has 6 N–H and O–H groups in total. The standard InChI is InChI=1S/C26H22ClNO7/c1-10-6-11(2-4-16(10)27)14-3-5-17(29)20-15(14)8-12-7-13-9-18(30)21(25(28)34)24(33)26(13,35)23(32)19(12)22(20)31/h2-6,12-13,29,31,33,35H,7-9H2,1H3,(H2,28,34)/t12-,13+,26+/m1/s1. The maximum Gasteiger partial charge on any atom is 0.255 e. The normalized spacial score (nSPS) is 25.8. The van der Waals surface area contributed by atoms with Crippen molar-refractivity contribution in [1.82, 2.24) is 0 Å². The van der Waals surface area contributed by atoms with Gasteiger partial charge in [0.2, 0.25) is 5.78 Å². The lowest BCUT2D eigenvalue weighted by molar-refractivity contribution is -0.147. The fourth-order valence-electron chi connectivity index (χ4n) is 5.70. The number of hydrogen-bond acceptors (Lipinski definition) is 7. The van der Waals surface area contributed by atoms with E-state index in [1.54, 1.807) is 12.1 Å². The number of carbonyl (C=O) groups is 3. The number of benzene rings is 2. The molecule has 9 heteroatoms. The fourth-order valence-corrected chi connectivity index (χ4v) is 5.82. The van der Waals surface area contributed by atoms with Crippen LogP contribution in [-0.4, -0.2) is 43.5 Å². The van der Waals surface area contributed by atoms with Crippen molar-refractivity contribution < 1.29 is 34.8 Å².